The van der Waals surface area contributed by atoms with Crippen LogP contribution in [-0.4, -0.2) is 53.6 Å². The maximum atomic E-state index is 12.8. The molecule has 2 aromatic rings. The van der Waals surface area contributed by atoms with Gasteiger partial charge in [-0.3, -0.25) is 4.79 Å². The van der Waals surface area contributed by atoms with Gasteiger partial charge in [-0.2, -0.15) is 0 Å². The van der Waals surface area contributed by atoms with Crippen molar-refractivity contribution in [2.45, 2.75) is 6.04 Å². The van der Waals surface area contributed by atoms with Gasteiger partial charge in [0.25, 0.3) is 0 Å². The molecular weight excluding hydrogens is 413 g/mol. The van der Waals surface area contributed by atoms with Crippen LogP contribution in [0.5, 0.6) is 5.75 Å². The summed E-state index contributed by atoms with van der Waals surface area (Å²) < 4.78 is 7.25. The number of piperazine rings is 1. The Balaban J connectivity index is 0.00000182. The van der Waals surface area contributed by atoms with Gasteiger partial charge in [-0.15, -0.1) is 24.8 Å². The number of nitrogens with one attached hydrogen (secondary N) is 2. The number of anilines is 1. The van der Waals surface area contributed by atoms with Gasteiger partial charge in [0.15, 0.2) is 0 Å². The van der Waals surface area contributed by atoms with E-state index in [1.807, 2.05) is 22.7 Å². The number of carbonyl (C=O) groups is 1. The first-order valence-corrected chi connectivity index (χ1v) is 8.52. The lowest BCUT2D eigenvalue weighted by molar-refractivity contribution is -0.132. The van der Waals surface area contributed by atoms with Crippen LogP contribution >= 0.6 is 36.4 Å². The average molecular weight is 437 g/mol. The molecule has 1 aromatic carbocycles. The number of hydrogen-bond donors (Lipinski definition) is 2. The number of benzene rings is 1. The van der Waals surface area contributed by atoms with E-state index in [-0.39, 0.29) is 43.3 Å². The van der Waals surface area contributed by atoms with Crippen molar-refractivity contribution in [1.29, 1.82) is 0 Å². The zero-order chi connectivity index (χ0) is 17.8. The highest BCUT2D eigenvalue weighted by Crippen LogP contribution is 2.28. The highest BCUT2D eigenvalue weighted by molar-refractivity contribution is 6.30. The van der Waals surface area contributed by atoms with E-state index in [1.54, 1.807) is 31.5 Å². The third kappa shape index (κ3) is 5.42. The number of methoxy groups -OCH3 is 1. The van der Waals surface area contributed by atoms with Gasteiger partial charge in [-0.25, -0.2) is 4.98 Å². The lowest BCUT2D eigenvalue weighted by atomic mass is 10.1. The van der Waals surface area contributed by atoms with Crippen LogP contribution in [0.1, 0.15) is 11.9 Å². The van der Waals surface area contributed by atoms with E-state index in [0.717, 1.165) is 12.4 Å². The predicted molar refractivity (Wildman–Crippen MR) is 112 cm³/mol. The Kier molecular flexibility index (Phi) is 9.18. The van der Waals surface area contributed by atoms with Crippen molar-refractivity contribution in [3.63, 3.8) is 0 Å². The highest BCUT2D eigenvalue weighted by Gasteiger charge is 2.30. The normalized spacial score (nSPS) is 16.1. The Bertz CT molecular complexity index is 756. The van der Waals surface area contributed by atoms with Gasteiger partial charge in [-0.1, -0.05) is 11.6 Å². The number of rotatable bonds is 5. The Morgan fingerprint density at radius 2 is 2.22 bits per heavy atom. The molecular formula is C17H24Cl3N5O2. The molecule has 0 spiro atoms. The first-order chi connectivity index (χ1) is 12.1. The predicted octanol–water partition coefficient (Wildman–Crippen LogP) is 2.51. The van der Waals surface area contributed by atoms with Crippen molar-refractivity contribution < 1.29 is 9.53 Å². The zero-order valence-electron chi connectivity index (χ0n) is 15.1. The molecule has 0 saturated carbocycles. The number of carbonyl (C=O) groups excluding carboxylic acids is 1. The molecule has 27 heavy (non-hydrogen) atoms. The van der Waals surface area contributed by atoms with E-state index in [2.05, 4.69) is 15.6 Å². The third-order valence-corrected chi connectivity index (χ3v) is 4.55. The maximum absolute atomic E-state index is 12.8. The monoisotopic (exact) mass is 435 g/mol. The summed E-state index contributed by atoms with van der Waals surface area (Å²) in [6, 6.07) is 5.20. The van der Waals surface area contributed by atoms with Gasteiger partial charge in [0.2, 0.25) is 5.91 Å². The van der Waals surface area contributed by atoms with Gasteiger partial charge >= 0.3 is 0 Å². The Morgan fingerprint density at radius 1 is 1.44 bits per heavy atom. The number of nitrogens with zero attached hydrogens (tertiary/aromatic N) is 3. The molecule has 3 rings (SSSR count). The van der Waals surface area contributed by atoms with Crippen LogP contribution in [0, 0.1) is 0 Å². The number of amides is 1. The number of halogens is 3. The molecule has 2 N–H and O–H groups in total. The second-order valence-electron chi connectivity index (χ2n) is 5.90. The van der Waals surface area contributed by atoms with E-state index >= 15 is 0 Å². The maximum Gasteiger partial charge on any atom is 0.242 e. The summed E-state index contributed by atoms with van der Waals surface area (Å²) in [7, 11) is 3.53. The third-order valence-electron chi connectivity index (χ3n) is 4.31. The quantitative estimate of drug-likeness (QED) is 0.753. The fourth-order valence-corrected chi connectivity index (χ4v) is 3.19. The molecule has 1 amide bonds. The van der Waals surface area contributed by atoms with E-state index in [9.17, 15) is 4.79 Å². The topological polar surface area (TPSA) is 71.4 Å². The molecule has 1 saturated heterocycles. The van der Waals surface area contributed by atoms with Crippen LogP contribution in [0.4, 0.5) is 5.69 Å². The molecule has 150 valence electrons. The van der Waals surface area contributed by atoms with Crippen molar-refractivity contribution in [2.24, 2.45) is 7.05 Å². The second kappa shape index (κ2) is 10.6. The zero-order valence-corrected chi connectivity index (χ0v) is 17.5. The largest absolute Gasteiger partial charge is 0.495 e. The molecule has 1 atom stereocenters. The van der Waals surface area contributed by atoms with Crippen molar-refractivity contribution in [2.75, 3.05) is 38.6 Å². The summed E-state index contributed by atoms with van der Waals surface area (Å²) in [5, 5.41) is 7.05. The number of aromatic nitrogens is 2. The lowest BCUT2D eigenvalue weighted by Gasteiger charge is -2.36. The van der Waals surface area contributed by atoms with Crippen LogP contribution in [0.25, 0.3) is 0 Å². The first kappa shape index (κ1) is 23.4. The summed E-state index contributed by atoms with van der Waals surface area (Å²) >= 11 is 6.04. The fourth-order valence-electron chi connectivity index (χ4n) is 3.02. The molecule has 10 heteroatoms. The first-order valence-electron chi connectivity index (χ1n) is 8.15. The molecule has 0 aliphatic carbocycles. The van der Waals surface area contributed by atoms with Gasteiger partial charge < -0.3 is 24.8 Å². The molecule has 2 heterocycles. The highest BCUT2D eigenvalue weighted by atomic mass is 35.5. The van der Waals surface area contributed by atoms with E-state index in [1.165, 1.54) is 0 Å². The molecule has 1 fully saturated rings. The van der Waals surface area contributed by atoms with Crippen molar-refractivity contribution in [1.82, 2.24) is 19.8 Å². The summed E-state index contributed by atoms with van der Waals surface area (Å²) in [5.74, 6) is 1.54. The van der Waals surface area contributed by atoms with Crippen LogP contribution in [0.3, 0.4) is 0 Å². The number of aryl methyl sites for hydroxylation is 1. The summed E-state index contributed by atoms with van der Waals surface area (Å²) in [6.07, 6.45) is 3.64. The lowest BCUT2D eigenvalue weighted by Crippen LogP contribution is -2.50. The molecule has 7 nitrogen and oxygen atoms in total. The van der Waals surface area contributed by atoms with Crippen molar-refractivity contribution in [3.8, 4) is 5.75 Å². The van der Waals surface area contributed by atoms with Gasteiger partial charge in [0, 0.05) is 44.1 Å². The van der Waals surface area contributed by atoms with Crippen LogP contribution in [0.15, 0.2) is 30.6 Å². The molecule has 1 aromatic heterocycles. The van der Waals surface area contributed by atoms with Crippen LogP contribution < -0.4 is 15.4 Å². The summed E-state index contributed by atoms with van der Waals surface area (Å²) in [6.45, 7) is 2.27. The Morgan fingerprint density at radius 3 is 2.89 bits per heavy atom. The Hall–Kier alpha value is -1.67. The standard InChI is InChI=1S/C17H22ClN5O2.2ClH/c1-22-7-6-20-17(22)14-10-19-5-8-23(14)16(24)11-21-13-9-12(18)3-4-15(13)25-2;;/h3-4,6-7,9,14,19,21H,5,8,10-11H2,1-2H3;2*1H. The molecule has 1 aliphatic heterocycles. The minimum atomic E-state index is -0.0793. The summed E-state index contributed by atoms with van der Waals surface area (Å²) in [5.41, 5.74) is 0.701. The Labute approximate surface area is 176 Å². The van der Waals surface area contributed by atoms with Crippen LogP contribution in [-0.2, 0) is 11.8 Å². The molecule has 1 unspecified atom stereocenters. The molecule has 1 aliphatic rings. The van der Waals surface area contributed by atoms with Crippen molar-refractivity contribution >= 4 is 48.0 Å². The molecule has 0 radical (unpaired) electrons. The van der Waals surface area contributed by atoms with Gasteiger partial charge in [-0.05, 0) is 18.2 Å². The second-order valence-corrected chi connectivity index (χ2v) is 6.34. The van der Waals surface area contributed by atoms with Crippen LogP contribution in [0.2, 0.25) is 5.02 Å². The number of hydrogen-bond acceptors (Lipinski definition) is 5. The van der Waals surface area contributed by atoms with Crippen molar-refractivity contribution in [3.05, 3.63) is 41.4 Å². The van der Waals surface area contributed by atoms with Gasteiger partial charge in [0.1, 0.15) is 17.6 Å². The molecule has 0 bridgehead atoms. The summed E-state index contributed by atoms with van der Waals surface area (Å²) in [4.78, 5) is 19.1. The fraction of sp³-hybridized carbons (Fsp3) is 0.412. The number of imidazole rings is 1. The smallest absolute Gasteiger partial charge is 0.242 e. The number of ether oxygens (including phenoxy) is 1. The van der Waals surface area contributed by atoms with E-state index in [0.29, 0.717) is 29.5 Å². The van der Waals surface area contributed by atoms with E-state index in [4.69, 9.17) is 16.3 Å². The van der Waals surface area contributed by atoms with E-state index < -0.39 is 0 Å². The average Bonchev–Trinajstić information content (AvgIpc) is 3.05. The minimum Gasteiger partial charge on any atom is -0.495 e. The minimum absolute atomic E-state index is 0. The SMILES string of the molecule is COc1ccc(Cl)cc1NCC(=O)N1CCNCC1c1nccn1C.Cl.Cl. The van der Waals surface area contributed by atoms with Gasteiger partial charge in [0.05, 0.1) is 19.3 Å².